The van der Waals surface area contributed by atoms with E-state index in [-0.39, 0.29) is 23.8 Å². The highest BCUT2D eigenvalue weighted by Gasteiger charge is 2.23. The number of imidazole rings is 1. The zero-order valence-corrected chi connectivity index (χ0v) is 25.7. The Morgan fingerprint density at radius 1 is 1.05 bits per heavy atom. The van der Waals surface area contributed by atoms with Gasteiger partial charge in [-0.25, -0.2) is 13.8 Å². The standard InChI is InChI=1S/C31H33Cl2F2N5O3/c1-31(2,3)29(42)37-16-19-10-11-21(32)27(26(19)33)39-30-38-22-14-20(24(43-17-25(34)35)15-23(22)40(30)4)28(41)36-13-12-18-8-6-5-7-9-18/h5-11,14-15,25H,12-13,16-17H2,1-4H3,(H,36,41)(H,37,42)(H,38,39). The van der Waals surface area contributed by atoms with Gasteiger partial charge in [0.05, 0.1) is 32.3 Å². The van der Waals surface area contributed by atoms with Gasteiger partial charge in [0.25, 0.3) is 12.3 Å². The number of hydrogen-bond acceptors (Lipinski definition) is 5. The molecule has 0 aliphatic carbocycles. The summed E-state index contributed by atoms with van der Waals surface area (Å²) in [6, 6.07) is 16.0. The van der Waals surface area contributed by atoms with Crippen molar-refractivity contribution in [3.8, 4) is 5.75 Å². The fraction of sp³-hybridized carbons (Fsp3) is 0.323. The predicted octanol–water partition coefficient (Wildman–Crippen LogP) is 6.90. The maximum atomic E-state index is 13.1. The molecule has 8 nitrogen and oxygen atoms in total. The van der Waals surface area contributed by atoms with E-state index in [0.717, 1.165) is 5.56 Å². The van der Waals surface area contributed by atoms with Crippen LogP contribution in [0.3, 0.4) is 0 Å². The molecule has 0 atom stereocenters. The number of anilines is 2. The van der Waals surface area contributed by atoms with Crippen molar-refractivity contribution in [2.75, 3.05) is 18.5 Å². The number of nitrogens with zero attached hydrogens (tertiary/aromatic N) is 2. The Morgan fingerprint density at radius 3 is 2.44 bits per heavy atom. The summed E-state index contributed by atoms with van der Waals surface area (Å²) in [6.07, 6.45) is -2.13. The Balaban J connectivity index is 1.61. The molecule has 0 saturated carbocycles. The van der Waals surface area contributed by atoms with Crippen LogP contribution in [0.25, 0.3) is 11.0 Å². The molecule has 0 radical (unpaired) electrons. The van der Waals surface area contributed by atoms with Crippen LogP contribution < -0.4 is 20.7 Å². The van der Waals surface area contributed by atoms with Gasteiger partial charge in [-0.3, -0.25) is 9.59 Å². The van der Waals surface area contributed by atoms with Crippen molar-refractivity contribution in [3.63, 3.8) is 0 Å². The summed E-state index contributed by atoms with van der Waals surface area (Å²) < 4.78 is 33.1. The quantitative estimate of drug-likeness (QED) is 0.167. The van der Waals surface area contributed by atoms with E-state index in [1.54, 1.807) is 23.7 Å². The molecule has 0 bridgehead atoms. The zero-order chi connectivity index (χ0) is 31.3. The number of aryl methyl sites for hydroxylation is 1. The molecule has 0 saturated heterocycles. The second kappa shape index (κ2) is 13.6. The summed E-state index contributed by atoms with van der Waals surface area (Å²) in [4.78, 5) is 30.1. The highest BCUT2D eigenvalue weighted by Crippen LogP contribution is 2.37. The van der Waals surface area contributed by atoms with E-state index < -0.39 is 24.4 Å². The van der Waals surface area contributed by atoms with Crippen LogP contribution in [0.1, 0.15) is 42.3 Å². The normalized spacial score (nSPS) is 11.6. The predicted molar refractivity (Wildman–Crippen MR) is 166 cm³/mol. The maximum Gasteiger partial charge on any atom is 0.272 e. The Hall–Kier alpha value is -3.89. The third kappa shape index (κ3) is 7.94. The van der Waals surface area contributed by atoms with Gasteiger partial charge in [-0.05, 0) is 29.7 Å². The number of alkyl halides is 2. The maximum absolute atomic E-state index is 13.1. The summed E-state index contributed by atoms with van der Waals surface area (Å²) in [6.45, 7) is 5.10. The molecule has 228 valence electrons. The average Bonchev–Trinajstić information content (AvgIpc) is 3.26. The smallest absolute Gasteiger partial charge is 0.272 e. The molecule has 4 aromatic rings. The molecule has 0 aliphatic rings. The molecule has 0 aliphatic heterocycles. The molecule has 12 heteroatoms. The molecule has 43 heavy (non-hydrogen) atoms. The van der Waals surface area contributed by atoms with Gasteiger partial charge in [0.1, 0.15) is 12.4 Å². The van der Waals surface area contributed by atoms with Crippen molar-refractivity contribution >= 4 is 57.7 Å². The summed E-state index contributed by atoms with van der Waals surface area (Å²) in [7, 11) is 1.71. The number of carbonyl (C=O) groups excluding carboxylic acids is 2. The topological polar surface area (TPSA) is 97.3 Å². The van der Waals surface area contributed by atoms with Crippen LogP contribution in [0.15, 0.2) is 54.6 Å². The van der Waals surface area contributed by atoms with E-state index in [2.05, 4.69) is 20.9 Å². The van der Waals surface area contributed by atoms with Crippen LogP contribution in [0, 0.1) is 5.41 Å². The number of amides is 2. The zero-order valence-electron chi connectivity index (χ0n) is 24.2. The van der Waals surface area contributed by atoms with Crippen molar-refractivity contribution in [2.45, 2.75) is 40.2 Å². The first kappa shape index (κ1) is 32.0. The number of carbonyl (C=O) groups is 2. The molecule has 4 rings (SSSR count). The SMILES string of the molecule is Cn1c(Nc2c(Cl)ccc(CNC(=O)C(C)(C)C)c2Cl)nc2cc(C(=O)NCCc3ccccc3)c(OCC(F)F)cc21. The van der Waals surface area contributed by atoms with Crippen molar-refractivity contribution in [1.29, 1.82) is 0 Å². The number of hydrogen-bond donors (Lipinski definition) is 3. The lowest BCUT2D eigenvalue weighted by atomic mass is 9.95. The van der Waals surface area contributed by atoms with Gasteiger partial charge in [0, 0.05) is 31.6 Å². The number of aromatic nitrogens is 2. The molecule has 1 heterocycles. The molecular weight excluding hydrogens is 599 g/mol. The van der Waals surface area contributed by atoms with Crippen LogP contribution in [0.4, 0.5) is 20.4 Å². The van der Waals surface area contributed by atoms with Gasteiger partial charge >= 0.3 is 0 Å². The lowest BCUT2D eigenvalue weighted by Crippen LogP contribution is -2.34. The van der Waals surface area contributed by atoms with E-state index in [0.29, 0.717) is 51.2 Å². The highest BCUT2D eigenvalue weighted by molar-refractivity contribution is 6.39. The van der Waals surface area contributed by atoms with Gasteiger partial charge in [-0.15, -0.1) is 0 Å². The second-order valence-corrected chi connectivity index (χ2v) is 11.8. The number of benzene rings is 3. The molecular formula is C31H33Cl2F2N5O3. The summed E-state index contributed by atoms with van der Waals surface area (Å²) in [5, 5.41) is 9.46. The van der Waals surface area contributed by atoms with Gasteiger partial charge in [0.15, 0.2) is 0 Å². The summed E-state index contributed by atoms with van der Waals surface area (Å²) in [5.74, 6) is -0.269. The van der Waals surface area contributed by atoms with Crippen LogP contribution >= 0.6 is 23.2 Å². The van der Waals surface area contributed by atoms with Gasteiger partial charge in [-0.2, -0.15) is 0 Å². The van der Waals surface area contributed by atoms with Crippen LogP contribution in [0.5, 0.6) is 5.75 Å². The number of nitrogens with one attached hydrogen (secondary N) is 3. The molecule has 1 aromatic heterocycles. The molecule has 3 aromatic carbocycles. The molecule has 3 N–H and O–H groups in total. The first-order valence-electron chi connectivity index (χ1n) is 13.6. The average molecular weight is 633 g/mol. The van der Waals surface area contributed by atoms with Gasteiger partial charge < -0.3 is 25.3 Å². The first-order chi connectivity index (χ1) is 20.3. The molecule has 2 amide bonds. The van der Waals surface area contributed by atoms with Crippen molar-refractivity contribution in [3.05, 3.63) is 81.3 Å². The Bertz CT molecular complexity index is 1620. The number of fused-ring (bicyclic) bond motifs is 1. The lowest BCUT2D eigenvalue weighted by molar-refractivity contribution is -0.128. The second-order valence-electron chi connectivity index (χ2n) is 11.0. The van der Waals surface area contributed by atoms with E-state index in [4.69, 9.17) is 27.9 Å². The number of halogens is 4. The summed E-state index contributed by atoms with van der Waals surface area (Å²) in [5.41, 5.74) is 2.52. The van der Waals surface area contributed by atoms with Crippen molar-refractivity contribution < 1.29 is 23.1 Å². The number of rotatable bonds is 11. The van der Waals surface area contributed by atoms with Crippen molar-refractivity contribution in [1.82, 2.24) is 20.2 Å². The first-order valence-corrected chi connectivity index (χ1v) is 14.4. The minimum absolute atomic E-state index is 0.00668. The minimum Gasteiger partial charge on any atom is -0.487 e. The largest absolute Gasteiger partial charge is 0.487 e. The highest BCUT2D eigenvalue weighted by atomic mass is 35.5. The fourth-order valence-corrected chi connectivity index (χ4v) is 4.77. The molecule has 0 spiro atoms. The third-order valence-corrected chi connectivity index (χ3v) is 7.41. The molecule has 0 fully saturated rings. The molecule has 0 unspecified atom stereocenters. The van der Waals surface area contributed by atoms with Gasteiger partial charge in [0.2, 0.25) is 11.9 Å². The van der Waals surface area contributed by atoms with Crippen LogP contribution in [0.2, 0.25) is 10.0 Å². The van der Waals surface area contributed by atoms with E-state index in [1.165, 1.54) is 12.1 Å². The van der Waals surface area contributed by atoms with Crippen molar-refractivity contribution in [2.24, 2.45) is 12.5 Å². The van der Waals surface area contributed by atoms with E-state index >= 15 is 0 Å². The fourth-order valence-electron chi connectivity index (χ4n) is 4.24. The van der Waals surface area contributed by atoms with Gasteiger partial charge in [-0.1, -0.05) is 80.4 Å². The lowest BCUT2D eigenvalue weighted by Gasteiger charge is -2.19. The van der Waals surface area contributed by atoms with Crippen LogP contribution in [-0.4, -0.2) is 40.9 Å². The monoisotopic (exact) mass is 631 g/mol. The van der Waals surface area contributed by atoms with E-state index in [9.17, 15) is 18.4 Å². The Kier molecular flexibility index (Phi) is 10.1. The minimum atomic E-state index is -2.72. The summed E-state index contributed by atoms with van der Waals surface area (Å²) >= 11 is 13.2. The Labute approximate surface area is 258 Å². The van der Waals surface area contributed by atoms with Crippen LogP contribution in [-0.2, 0) is 24.8 Å². The third-order valence-electron chi connectivity index (χ3n) is 6.66. The van der Waals surface area contributed by atoms with E-state index in [1.807, 2.05) is 51.1 Å². The number of ether oxygens (including phenoxy) is 1. The Morgan fingerprint density at radius 2 is 1.77 bits per heavy atom.